The molecule has 1 aromatic rings. The van der Waals surface area contributed by atoms with E-state index in [1.165, 1.54) is 12.5 Å². The van der Waals surface area contributed by atoms with Crippen molar-refractivity contribution in [2.24, 2.45) is 0 Å². The second kappa shape index (κ2) is 7.51. The first-order valence-electron chi connectivity index (χ1n) is 6.14. The first-order chi connectivity index (χ1) is 9.36. The maximum atomic E-state index is 11.7. The van der Waals surface area contributed by atoms with Gasteiger partial charge in [-0.2, -0.15) is 0 Å². The van der Waals surface area contributed by atoms with Gasteiger partial charge < -0.3 is 14.8 Å². The highest BCUT2D eigenvalue weighted by Crippen LogP contribution is 2.41. The Morgan fingerprint density at radius 2 is 2.30 bits per heavy atom. The number of hydrogen-bond acceptors (Lipinski definition) is 5. The fourth-order valence-electron chi connectivity index (χ4n) is 1.56. The number of carbonyl (C=O) groups is 1. The zero-order chi connectivity index (χ0) is 15.2. The summed E-state index contributed by atoms with van der Waals surface area (Å²) in [6.45, 7) is 1.51. The van der Waals surface area contributed by atoms with Gasteiger partial charge in [-0.25, -0.2) is 10.0 Å². The smallest absolute Gasteiger partial charge is 0.341 e. The fraction of sp³-hybridized carbons (Fsp3) is 0.600. The van der Waals surface area contributed by atoms with Gasteiger partial charge in [-0.15, -0.1) is 0 Å². The van der Waals surface area contributed by atoms with Crippen molar-refractivity contribution >= 4 is 13.5 Å². The number of hydrogen-bond donors (Lipinski definition) is 5. The van der Waals surface area contributed by atoms with Crippen LogP contribution >= 0.6 is 7.60 Å². The van der Waals surface area contributed by atoms with Gasteiger partial charge in [0.2, 0.25) is 0 Å². The van der Waals surface area contributed by atoms with Gasteiger partial charge >= 0.3 is 7.60 Å². The van der Waals surface area contributed by atoms with Gasteiger partial charge in [-0.3, -0.25) is 19.9 Å². The Bertz CT molecular complexity index is 460. The van der Waals surface area contributed by atoms with Crippen molar-refractivity contribution in [1.29, 1.82) is 0 Å². The van der Waals surface area contributed by atoms with Gasteiger partial charge in [0.1, 0.15) is 11.5 Å². The minimum absolute atomic E-state index is 0.0792. The predicted molar refractivity (Wildman–Crippen MR) is 69.9 cm³/mol. The molecule has 1 atom stereocenters. The first kappa shape index (κ1) is 16.8. The number of nitrogens with one attached hydrogen (secondary N) is 2. The van der Waals surface area contributed by atoms with E-state index in [1.54, 1.807) is 0 Å². The van der Waals surface area contributed by atoms with Crippen LogP contribution in [-0.4, -0.2) is 48.4 Å². The summed E-state index contributed by atoms with van der Waals surface area (Å²) in [4.78, 5) is 36.2. The number of imidazole rings is 1. The highest BCUT2D eigenvalue weighted by molar-refractivity contribution is 7.52. The number of nitrogens with zero attached hydrogens (tertiary/aromatic N) is 2. The minimum atomic E-state index is -4.33. The molecule has 20 heavy (non-hydrogen) atoms. The van der Waals surface area contributed by atoms with Crippen LogP contribution in [0.25, 0.3) is 0 Å². The average Bonchev–Trinajstić information content (AvgIpc) is 2.89. The second-order valence-electron chi connectivity index (χ2n) is 4.28. The summed E-state index contributed by atoms with van der Waals surface area (Å²) in [6.07, 6.45) is 4.20. The number of H-pyrrole nitrogens is 1. The van der Waals surface area contributed by atoms with E-state index in [0.717, 1.165) is 6.42 Å². The summed E-state index contributed by atoms with van der Waals surface area (Å²) in [5.74, 6) is -1.83. The van der Waals surface area contributed by atoms with Gasteiger partial charge in [0.15, 0.2) is 0 Å². The van der Waals surface area contributed by atoms with E-state index < -0.39 is 26.0 Å². The van der Waals surface area contributed by atoms with E-state index in [4.69, 9.17) is 0 Å². The Morgan fingerprint density at radius 3 is 2.80 bits per heavy atom. The minimum Gasteiger partial charge on any atom is -0.341 e. The number of aromatic amines is 1. The number of rotatable bonds is 8. The summed E-state index contributed by atoms with van der Waals surface area (Å²) >= 11 is 0. The molecule has 0 aliphatic heterocycles. The van der Waals surface area contributed by atoms with Crippen molar-refractivity contribution in [3.63, 3.8) is 0 Å². The van der Waals surface area contributed by atoms with E-state index in [1.807, 2.05) is 6.92 Å². The largest absolute Gasteiger partial charge is 0.342 e. The van der Waals surface area contributed by atoms with Gasteiger partial charge in [0.05, 0.1) is 19.2 Å². The van der Waals surface area contributed by atoms with Crippen LogP contribution in [-0.2, 0) is 4.57 Å². The Kier molecular flexibility index (Phi) is 6.31. The van der Waals surface area contributed by atoms with Crippen molar-refractivity contribution in [3.8, 4) is 0 Å². The van der Waals surface area contributed by atoms with E-state index in [9.17, 15) is 24.4 Å². The third-order valence-electron chi connectivity index (χ3n) is 2.68. The summed E-state index contributed by atoms with van der Waals surface area (Å²) in [6, 6.07) is 0. The maximum absolute atomic E-state index is 11.7. The summed E-state index contributed by atoms with van der Waals surface area (Å²) < 4.78 is 11.3. The Balaban J connectivity index is 2.54. The van der Waals surface area contributed by atoms with Crippen LogP contribution in [0.4, 0.5) is 0 Å². The van der Waals surface area contributed by atoms with Crippen LogP contribution in [0, 0.1) is 0 Å². The molecule has 10 heteroatoms. The van der Waals surface area contributed by atoms with Gasteiger partial charge in [0, 0.05) is 0 Å². The molecule has 0 fully saturated rings. The van der Waals surface area contributed by atoms with E-state index >= 15 is 0 Å². The molecule has 114 valence electrons. The highest BCUT2D eigenvalue weighted by Gasteiger charge is 2.28. The van der Waals surface area contributed by atoms with Crippen LogP contribution in [0.3, 0.4) is 0 Å². The molecule has 0 spiro atoms. The first-order valence-corrected chi connectivity index (χ1v) is 7.82. The molecule has 0 aliphatic rings. The van der Waals surface area contributed by atoms with Crippen LogP contribution in [0.15, 0.2) is 12.5 Å². The molecule has 1 amide bonds. The predicted octanol–water partition coefficient (Wildman–Crippen LogP) is 0.482. The van der Waals surface area contributed by atoms with Crippen molar-refractivity contribution in [2.75, 3.05) is 6.67 Å². The van der Waals surface area contributed by atoms with Crippen LogP contribution in [0.1, 0.15) is 36.7 Å². The molecule has 0 radical (unpaired) electrons. The maximum Gasteiger partial charge on any atom is 0.342 e. The number of amides is 1. The lowest BCUT2D eigenvalue weighted by atomic mass is 10.2. The average molecular weight is 306 g/mol. The van der Waals surface area contributed by atoms with Gasteiger partial charge in [0.25, 0.3) is 5.91 Å². The molecule has 0 saturated carbocycles. The number of hydroxylamine groups is 2. The lowest BCUT2D eigenvalue weighted by molar-refractivity contribution is -0.0644. The van der Waals surface area contributed by atoms with Crippen molar-refractivity contribution in [1.82, 2.24) is 20.3 Å². The Hall–Kier alpha value is -1.25. The standard InChI is InChI=1S/C10H19N4O5P/c1-2-3-4-9(20(17,18)19)13-7-14(16)10(15)8-5-11-6-12-8/h5-6,9,13,16H,2-4,7H2,1H3,(H,11,12)(H2,17,18,19). The van der Waals surface area contributed by atoms with Crippen LogP contribution < -0.4 is 5.32 Å². The highest BCUT2D eigenvalue weighted by atomic mass is 31.2. The monoisotopic (exact) mass is 306 g/mol. The lowest BCUT2D eigenvalue weighted by Crippen LogP contribution is -2.41. The topological polar surface area (TPSA) is 139 Å². The molecule has 1 unspecified atom stereocenters. The summed E-state index contributed by atoms with van der Waals surface area (Å²) in [7, 11) is -4.33. The van der Waals surface area contributed by atoms with Crippen LogP contribution in [0.2, 0.25) is 0 Å². The molecule has 1 heterocycles. The number of aromatic nitrogens is 2. The van der Waals surface area contributed by atoms with E-state index in [-0.39, 0.29) is 12.1 Å². The lowest BCUT2D eigenvalue weighted by Gasteiger charge is -2.22. The summed E-state index contributed by atoms with van der Waals surface area (Å²) in [5.41, 5.74) is 0.0792. The van der Waals surface area contributed by atoms with Gasteiger partial charge in [-0.1, -0.05) is 19.8 Å². The Morgan fingerprint density at radius 1 is 1.60 bits per heavy atom. The van der Waals surface area contributed by atoms with Crippen molar-refractivity contribution in [2.45, 2.75) is 32.0 Å². The van der Waals surface area contributed by atoms with Crippen molar-refractivity contribution in [3.05, 3.63) is 18.2 Å². The summed E-state index contributed by atoms with van der Waals surface area (Å²) in [5, 5.41) is 12.4. The molecule has 5 N–H and O–H groups in total. The molecule has 9 nitrogen and oxygen atoms in total. The zero-order valence-corrected chi connectivity index (χ0v) is 12.0. The van der Waals surface area contributed by atoms with Crippen molar-refractivity contribution < 1.29 is 24.4 Å². The fourth-order valence-corrected chi connectivity index (χ4v) is 2.40. The Labute approximate surface area is 116 Å². The number of carbonyl (C=O) groups excluding carboxylic acids is 1. The SMILES string of the molecule is CCCCC(NCN(O)C(=O)c1cnc[nH]1)P(=O)(O)O. The normalized spacial score (nSPS) is 13.2. The molecule has 0 aliphatic carbocycles. The molecule has 0 aromatic carbocycles. The zero-order valence-electron chi connectivity index (χ0n) is 11.1. The van der Waals surface area contributed by atoms with E-state index in [0.29, 0.717) is 11.5 Å². The molecule has 0 saturated heterocycles. The molecular weight excluding hydrogens is 287 g/mol. The van der Waals surface area contributed by atoms with E-state index in [2.05, 4.69) is 15.3 Å². The quantitative estimate of drug-likeness (QED) is 0.204. The second-order valence-corrected chi connectivity index (χ2v) is 6.08. The third kappa shape index (κ3) is 5.03. The molecule has 1 rings (SSSR count). The number of unbranched alkanes of at least 4 members (excludes halogenated alkanes) is 1. The molecule has 1 aromatic heterocycles. The van der Waals surface area contributed by atoms with Gasteiger partial charge in [-0.05, 0) is 6.42 Å². The molecular formula is C10H19N4O5P. The third-order valence-corrected chi connectivity index (χ3v) is 3.93. The van der Waals surface area contributed by atoms with Crippen LogP contribution in [0.5, 0.6) is 0 Å². The molecule has 0 bridgehead atoms.